The van der Waals surface area contributed by atoms with Gasteiger partial charge in [-0.05, 0) is 67.1 Å². The van der Waals surface area contributed by atoms with Gasteiger partial charge in [0.1, 0.15) is 5.70 Å². The van der Waals surface area contributed by atoms with Crippen molar-refractivity contribution in [1.29, 1.82) is 0 Å². The lowest BCUT2D eigenvalue weighted by Gasteiger charge is -2.12. The Kier molecular flexibility index (Phi) is 10.0. The van der Waals surface area contributed by atoms with Crippen molar-refractivity contribution in [2.24, 2.45) is 0 Å². The molecule has 0 saturated carbocycles. The molecule has 3 amide bonds. The second kappa shape index (κ2) is 13.8. The maximum atomic E-state index is 13.2. The molecule has 40 heavy (non-hydrogen) atoms. The fraction of sp³-hybridized carbons (Fsp3) is 0.0645. The fourth-order valence-electron chi connectivity index (χ4n) is 3.54. The van der Waals surface area contributed by atoms with Gasteiger partial charge < -0.3 is 16.0 Å². The van der Waals surface area contributed by atoms with Crippen molar-refractivity contribution in [3.8, 4) is 0 Å². The number of rotatable bonds is 9. The van der Waals surface area contributed by atoms with Crippen LogP contribution in [0.4, 0.5) is 11.4 Å². The standard InChI is InChI=1S/C31H25Cl2N3O3S/c1-20-10-12-21(13-11-20)18-27(36-30(38)22-6-3-2-4-7-22)31(39)34-23-14-16-24(17-15-23)40-19-28(37)35-26-9-5-8-25(32)29(26)33/h2-18H,19H2,1H3,(H,34,39)(H,35,37)(H,36,38)/b27-18-. The average molecular weight is 591 g/mol. The van der Waals surface area contributed by atoms with Gasteiger partial charge >= 0.3 is 0 Å². The van der Waals surface area contributed by atoms with E-state index in [0.29, 0.717) is 27.0 Å². The van der Waals surface area contributed by atoms with Crippen molar-refractivity contribution in [2.75, 3.05) is 16.4 Å². The molecule has 0 bridgehead atoms. The van der Waals surface area contributed by atoms with E-state index in [4.69, 9.17) is 23.2 Å². The Balaban J connectivity index is 1.40. The van der Waals surface area contributed by atoms with Crippen LogP contribution in [0.1, 0.15) is 21.5 Å². The Morgan fingerprint density at radius 3 is 2.20 bits per heavy atom. The molecule has 6 nitrogen and oxygen atoms in total. The van der Waals surface area contributed by atoms with Crippen LogP contribution in [0.25, 0.3) is 6.08 Å². The zero-order chi connectivity index (χ0) is 28.5. The van der Waals surface area contributed by atoms with E-state index in [9.17, 15) is 14.4 Å². The highest BCUT2D eigenvalue weighted by Gasteiger charge is 2.15. The number of hydrogen-bond donors (Lipinski definition) is 3. The monoisotopic (exact) mass is 589 g/mol. The van der Waals surface area contributed by atoms with E-state index in [1.807, 2.05) is 37.3 Å². The van der Waals surface area contributed by atoms with Crippen LogP contribution >= 0.6 is 35.0 Å². The van der Waals surface area contributed by atoms with Gasteiger partial charge in [0.25, 0.3) is 11.8 Å². The summed E-state index contributed by atoms with van der Waals surface area (Å²) in [5, 5.41) is 8.96. The van der Waals surface area contributed by atoms with Crippen LogP contribution in [0, 0.1) is 6.92 Å². The Morgan fingerprint density at radius 2 is 1.50 bits per heavy atom. The quantitative estimate of drug-likeness (QED) is 0.140. The molecule has 0 fully saturated rings. The third-order valence-corrected chi connectivity index (χ3v) is 7.46. The van der Waals surface area contributed by atoms with Crippen molar-refractivity contribution in [2.45, 2.75) is 11.8 Å². The van der Waals surface area contributed by atoms with Crippen LogP contribution in [0.3, 0.4) is 0 Å². The number of halogens is 2. The van der Waals surface area contributed by atoms with Crippen LogP contribution < -0.4 is 16.0 Å². The molecule has 0 aromatic heterocycles. The van der Waals surface area contributed by atoms with E-state index in [2.05, 4.69) is 16.0 Å². The predicted molar refractivity (Wildman–Crippen MR) is 164 cm³/mol. The normalized spacial score (nSPS) is 11.0. The topological polar surface area (TPSA) is 87.3 Å². The van der Waals surface area contributed by atoms with Crippen LogP contribution in [-0.4, -0.2) is 23.5 Å². The van der Waals surface area contributed by atoms with E-state index in [1.165, 1.54) is 11.8 Å². The molecule has 4 aromatic carbocycles. The highest BCUT2D eigenvalue weighted by molar-refractivity contribution is 8.00. The Hall–Kier alpha value is -4.04. The molecule has 0 unspecified atom stereocenters. The molecule has 0 aliphatic heterocycles. The molecule has 0 atom stereocenters. The molecule has 4 aromatic rings. The number of benzene rings is 4. The summed E-state index contributed by atoms with van der Waals surface area (Å²) < 4.78 is 0. The Morgan fingerprint density at radius 1 is 0.800 bits per heavy atom. The van der Waals surface area contributed by atoms with Gasteiger partial charge in [-0.2, -0.15) is 0 Å². The Bertz CT molecular complexity index is 1540. The molecule has 202 valence electrons. The van der Waals surface area contributed by atoms with Crippen molar-refractivity contribution in [1.82, 2.24) is 5.32 Å². The number of thioether (sulfide) groups is 1. The fourth-order valence-corrected chi connectivity index (χ4v) is 4.59. The summed E-state index contributed by atoms with van der Waals surface area (Å²) in [5.74, 6) is -0.934. The minimum Gasteiger partial charge on any atom is -0.324 e. The zero-order valence-electron chi connectivity index (χ0n) is 21.4. The first kappa shape index (κ1) is 29.0. The smallest absolute Gasteiger partial charge is 0.272 e. The molecular weight excluding hydrogens is 565 g/mol. The minimum atomic E-state index is -0.469. The van der Waals surface area contributed by atoms with Gasteiger partial charge in [-0.3, -0.25) is 14.4 Å². The summed E-state index contributed by atoms with van der Waals surface area (Å²) >= 11 is 13.5. The lowest BCUT2D eigenvalue weighted by molar-refractivity contribution is -0.114. The number of amides is 3. The maximum Gasteiger partial charge on any atom is 0.272 e. The second-order valence-electron chi connectivity index (χ2n) is 8.71. The summed E-state index contributed by atoms with van der Waals surface area (Å²) in [4.78, 5) is 39.2. The molecule has 4 rings (SSSR count). The highest BCUT2D eigenvalue weighted by Crippen LogP contribution is 2.30. The molecule has 0 spiro atoms. The zero-order valence-corrected chi connectivity index (χ0v) is 23.7. The lowest BCUT2D eigenvalue weighted by Crippen LogP contribution is -2.30. The van der Waals surface area contributed by atoms with Crippen molar-refractivity contribution >= 4 is 70.1 Å². The van der Waals surface area contributed by atoms with E-state index in [0.717, 1.165) is 16.0 Å². The number of anilines is 2. The summed E-state index contributed by atoms with van der Waals surface area (Å²) in [5.41, 5.74) is 3.38. The SMILES string of the molecule is Cc1ccc(/C=C(\NC(=O)c2ccccc2)C(=O)Nc2ccc(SCC(=O)Nc3cccc(Cl)c3Cl)cc2)cc1. The first-order valence-corrected chi connectivity index (χ1v) is 14.0. The van der Waals surface area contributed by atoms with Gasteiger partial charge in [0.15, 0.2) is 0 Å². The number of nitrogens with one attached hydrogen (secondary N) is 3. The molecule has 0 heterocycles. The molecule has 3 N–H and O–H groups in total. The van der Waals surface area contributed by atoms with Crippen LogP contribution in [0.5, 0.6) is 0 Å². The number of hydrogen-bond acceptors (Lipinski definition) is 4. The maximum absolute atomic E-state index is 13.2. The third kappa shape index (κ3) is 8.23. The van der Waals surface area contributed by atoms with Crippen molar-refractivity contribution in [3.05, 3.63) is 129 Å². The van der Waals surface area contributed by atoms with Gasteiger partial charge in [0, 0.05) is 16.1 Å². The van der Waals surface area contributed by atoms with Crippen molar-refractivity contribution in [3.63, 3.8) is 0 Å². The van der Waals surface area contributed by atoms with E-state index < -0.39 is 11.8 Å². The molecular formula is C31H25Cl2N3O3S. The van der Waals surface area contributed by atoms with Crippen LogP contribution in [0.15, 0.2) is 108 Å². The first-order valence-electron chi connectivity index (χ1n) is 12.2. The van der Waals surface area contributed by atoms with Gasteiger partial charge in [0.2, 0.25) is 5.91 Å². The van der Waals surface area contributed by atoms with E-state index in [1.54, 1.807) is 72.8 Å². The molecule has 0 aliphatic carbocycles. The summed E-state index contributed by atoms with van der Waals surface area (Å²) in [6.45, 7) is 1.97. The lowest BCUT2D eigenvalue weighted by atomic mass is 10.1. The largest absolute Gasteiger partial charge is 0.324 e. The van der Waals surface area contributed by atoms with Gasteiger partial charge in [-0.25, -0.2) is 0 Å². The molecule has 0 aliphatic rings. The summed E-state index contributed by atoms with van der Waals surface area (Å²) in [6, 6.07) is 28.4. The molecule has 9 heteroatoms. The van der Waals surface area contributed by atoms with Crippen molar-refractivity contribution < 1.29 is 14.4 Å². The van der Waals surface area contributed by atoms with Gasteiger partial charge in [0.05, 0.1) is 21.5 Å². The van der Waals surface area contributed by atoms with Gasteiger partial charge in [-0.15, -0.1) is 11.8 Å². The Labute approximate surface area is 246 Å². The third-order valence-electron chi connectivity index (χ3n) is 5.62. The highest BCUT2D eigenvalue weighted by atomic mass is 35.5. The van der Waals surface area contributed by atoms with Crippen LogP contribution in [-0.2, 0) is 9.59 Å². The first-order chi connectivity index (χ1) is 19.3. The van der Waals surface area contributed by atoms with Gasteiger partial charge in [-0.1, -0.05) is 77.3 Å². The number of carbonyl (C=O) groups excluding carboxylic acids is 3. The average Bonchev–Trinajstić information content (AvgIpc) is 2.96. The number of aryl methyl sites for hydroxylation is 1. The minimum absolute atomic E-state index is 0.104. The summed E-state index contributed by atoms with van der Waals surface area (Å²) in [6.07, 6.45) is 1.63. The van der Waals surface area contributed by atoms with E-state index in [-0.39, 0.29) is 17.4 Å². The molecule has 0 saturated heterocycles. The predicted octanol–water partition coefficient (Wildman–Crippen LogP) is 7.44. The summed E-state index contributed by atoms with van der Waals surface area (Å²) in [7, 11) is 0. The second-order valence-corrected chi connectivity index (χ2v) is 10.5. The van der Waals surface area contributed by atoms with Crippen LogP contribution in [0.2, 0.25) is 10.0 Å². The molecule has 0 radical (unpaired) electrons. The number of carbonyl (C=O) groups is 3. The van der Waals surface area contributed by atoms with E-state index >= 15 is 0 Å².